The molecular formula is C14H21N2O3+. The predicted molar refractivity (Wildman–Crippen MR) is 72.5 cm³/mol. The van der Waals surface area contributed by atoms with E-state index < -0.39 is 11.7 Å². The van der Waals surface area contributed by atoms with Gasteiger partial charge < -0.3 is 10.1 Å². The molecule has 0 aliphatic rings. The van der Waals surface area contributed by atoms with Crippen LogP contribution < -0.4 is 5.32 Å². The molecule has 104 valence electrons. The van der Waals surface area contributed by atoms with Crippen molar-refractivity contribution in [2.24, 2.45) is 0 Å². The summed E-state index contributed by atoms with van der Waals surface area (Å²) in [5, 5.41) is 12.2. The molecule has 1 rings (SSSR count). The Bertz CT molecular complexity index is 436. The smallest absolute Gasteiger partial charge is 0.408 e. The van der Waals surface area contributed by atoms with Crippen molar-refractivity contribution >= 4 is 12.3 Å². The number of ether oxygens (including phenoxy) is 1. The molecular weight excluding hydrogens is 244 g/mol. The van der Waals surface area contributed by atoms with Crippen LogP contribution in [0.1, 0.15) is 26.3 Å². The molecule has 2 N–H and O–H groups in total. The summed E-state index contributed by atoms with van der Waals surface area (Å²) in [6, 6.07) is 9.56. The second-order valence-corrected chi connectivity index (χ2v) is 5.15. The standard InChI is InChI=1S/C14H20N2O3/c1-14(2,3)19-13(17)15-9-10-16(18)11-12-7-5-4-6-8-12/h4-8,10H,9,11H2,1-3H3,(H-,15,17,18)/p+1/b16-10-. The lowest BCUT2D eigenvalue weighted by molar-refractivity contribution is -0.784. The van der Waals surface area contributed by atoms with Gasteiger partial charge in [0.25, 0.3) is 0 Å². The number of hydrogen-bond acceptors (Lipinski definition) is 3. The fraction of sp³-hybridized carbons (Fsp3) is 0.429. The highest BCUT2D eigenvalue weighted by molar-refractivity contribution is 5.71. The van der Waals surface area contributed by atoms with Gasteiger partial charge in [-0.1, -0.05) is 30.3 Å². The number of benzene rings is 1. The molecule has 0 atom stereocenters. The summed E-state index contributed by atoms with van der Waals surface area (Å²) in [4.78, 5) is 11.3. The predicted octanol–water partition coefficient (Wildman–Crippen LogP) is 2.18. The third-order valence-electron chi connectivity index (χ3n) is 2.13. The van der Waals surface area contributed by atoms with Gasteiger partial charge in [-0.15, -0.1) is 0 Å². The SMILES string of the molecule is CC(C)(C)OC(=O)NC/C=[N+](\O)Cc1ccccc1. The van der Waals surface area contributed by atoms with Crippen molar-refractivity contribution in [3.8, 4) is 0 Å². The summed E-state index contributed by atoms with van der Waals surface area (Å²) in [6.07, 6.45) is 0.980. The summed E-state index contributed by atoms with van der Waals surface area (Å²) >= 11 is 0. The maximum Gasteiger partial charge on any atom is 0.408 e. The highest BCUT2D eigenvalue weighted by Gasteiger charge is 2.15. The van der Waals surface area contributed by atoms with Crippen LogP contribution in [-0.4, -0.2) is 34.4 Å². The highest BCUT2D eigenvalue weighted by atomic mass is 16.6. The van der Waals surface area contributed by atoms with Crippen molar-refractivity contribution in [1.82, 2.24) is 5.32 Å². The second kappa shape index (κ2) is 6.78. The minimum Gasteiger partial charge on any atom is -0.444 e. The molecule has 0 spiro atoms. The van der Waals surface area contributed by atoms with E-state index in [1.807, 2.05) is 30.3 Å². The van der Waals surface area contributed by atoms with Gasteiger partial charge in [0.1, 0.15) is 12.1 Å². The van der Waals surface area contributed by atoms with E-state index in [0.717, 1.165) is 10.3 Å². The first-order valence-electron chi connectivity index (χ1n) is 6.16. The summed E-state index contributed by atoms with van der Waals surface area (Å²) < 4.78 is 6.10. The van der Waals surface area contributed by atoms with E-state index in [4.69, 9.17) is 4.74 Å². The van der Waals surface area contributed by atoms with Gasteiger partial charge in [-0.2, -0.15) is 0 Å². The molecule has 0 bridgehead atoms. The number of nitrogens with one attached hydrogen (secondary N) is 1. The molecule has 0 aromatic heterocycles. The number of nitrogens with zero attached hydrogens (tertiary/aromatic N) is 1. The number of hydroxylamine groups is 1. The summed E-state index contributed by atoms with van der Waals surface area (Å²) in [6.45, 7) is 5.97. The number of hydrogen-bond donors (Lipinski definition) is 2. The van der Waals surface area contributed by atoms with Crippen LogP contribution in [0.3, 0.4) is 0 Å². The minimum absolute atomic E-state index is 0.207. The third-order valence-corrected chi connectivity index (χ3v) is 2.13. The van der Waals surface area contributed by atoms with E-state index in [1.165, 1.54) is 6.21 Å². The lowest BCUT2D eigenvalue weighted by atomic mass is 10.2. The van der Waals surface area contributed by atoms with Crippen LogP contribution in [0.25, 0.3) is 0 Å². The van der Waals surface area contributed by atoms with Crippen LogP contribution in [0.2, 0.25) is 0 Å². The van der Waals surface area contributed by atoms with Crippen molar-refractivity contribution in [2.45, 2.75) is 32.9 Å². The Hall–Kier alpha value is -2.04. The molecule has 1 amide bonds. The molecule has 0 aliphatic heterocycles. The molecule has 0 unspecified atom stereocenters. The van der Waals surface area contributed by atoms with Gasteiger partial charge in [-0.3, -0.25) is 5.21 Å². The van der Waals surface area contributed by atoms with Gasteiger partial charge in [0.15, 0.2) is 0 Å². The summed E-state index contributed by atoms with van der Waals surface area (Å²) in [5.74, 6) is 0. The van der Waals surface area contributed by atoms with E-state index in [9.17, 15) is 10.0 Å². The van der Waals surface area contributed by atoms with Gasteiger partial charge in [-0.05, 0) is 25.5 Å². The summed E-state index contributed by atoms with van der Waals surface area (Å²) in [7, 11) is 0. The molecule has 19 heavy (non-hydrogen) atoms. The van der Waals surface area contributed by atoms with Gasteiger partial charge in [0, 0.05) is 5.56 Å². The molecule has 0 fully saturated rings. The topological polar surface area (TPSA) is 61.6 Å². The number of carbonyl (C=O) groups excluding carboxylic acids is 1. The monoisotopic (exact) mass is 265 g/mol. The molecule has 1 aromatic rings. The van der Waals surface area contributed by atoms with Crippen molar-refractivity contribution in [2.75, 3.05) is 6.54 Å². The molecule has 5 nitrogen and oxygen atoms in total. The normalized spacial score (nSPS) is 12.1. The third kappa shape index (κ3) is 7.08. The Morgan fingerprint density at radius 1 is 1.37 bits per heavy atom. The molecule has 0 heterocycles. The van der Waals surface area contributed by atoms with E-state index in [0.29, 0.717) is 6.54 Å². The Morgan fingerprint density at radius 3 is 2.58 bits per heavy atom. The first-order valence-corrected chi connectivity index (χ1v) is 6.16. The van der Waals surface area contributed by atoms with Gasteiger partial charge >= 0.3 is 6.09 Å². The number of rotatable bonds is 4. The summed E-state index contributed by atoms with van der Waals surface area (Å²) in [5.41, 5.74) is 0.464. The van der Waals surface area contributed by atoms with Crippen LogP contribution >= 0.6 is 0 Å². The molecule has 0 saturated heterocycles. The Balaban J connectivity index is 2.34. The number of alkyl carbamates (subject to hydrolysis) is 1. The van der Waals surface area contributed by atoms with E-state index in [-0.39, 0.29) is 6.54 Å². The average molecular weight is 265 g/mol. The zero-order chi connectivity index (χ0) is 14.3. The van der Waals surface area contributed by atoms with Gasteiger partial charge in [-0.25, -0.2) is 4.79 Å². The zero-order valence-electron chi connectivity index (χ0n) is 11.6. The van der Waals surface area contributed by atoms with Crippen molar-refractivity contribution < 1.29 is 19.5 Å². The van der Waals surface area contributed by atoms with Gasteiger partial charge in [0.2, 0.25) is 12.8 Å². The van der Waals surface area contributed by atoms with Crippen molar-refractivity contribution in [3.63, 3.8) is 0 Å². The maximum absolute atomic E-state index is 11.3. The minimum atomic E-state index is -0.521. The lowest BCUT2D eigenvalue weighted by Crippen LogP contribution is -2.34. The fourth-order valence-electron chi connectivity index (χ4n) is 1.38. The first-order chi connectivity index (χ1) is 8.87. The molecule has 0 aliphatic carbocycles. The van der Waals surface area contributed by atoms with Crippen molar-refractivity contribution in [1.29, 1.82) is 0 Å². The van der Waals surface area contributed by atoms with E-state index in [2.05, 4.69) is 5.32 Å². The lowest BCUT2D eigenvalue weighted by Gasteiger charge is -2.18. The molecule has 5 heteroatoms. The van der Waals surface area contributed by atoms with Crippen LogP contribution in [0.5, 0.6) is 0 Å². The van der Waals surface area contributed by atoms with Crippen LogP contribution in [0, 0.1) is 0 Å². The van der Waals surface area contributed by atoms with Crippen molar-refractivity contribution in [3.05, 3.63) is 35.9 Å². The Kier molecular flexibility index (Phi) is 5.36. The van der Waals surface area contributed by atoms with Gasteiger partial charge in [0.05, 0.1) is 0 Å². The average Bonchev–Trinajstić information content (AvgIpc) is 2.27. The molecule has 0 radical (unpaired) electrons. The largest absolute Gasteiger partial charge is 0.444 e. The van der Waals surface area contributed by atoms with E-state index >= 15 is 0 Å². The maximum atomic E-state index is 11.3. The van der Waals surface area contributed by atoms with Crippen LogP contribution in [0.4, 0.5) is 4.79 Å². The number of carbonyl (C=O) groups is 1. The molecule has 1 aromatic carbocycles. The zero-order valence-corrected chi connectivity index (χ0v) is 11.6. The van der Waals surface area contributed by atoms with E-state index in [1.54, 1.807) is 20.8 Å². The van der Waals surface area contributed by atoms with Crippen LogP contribution in [0.15, 0.2) is 30.3 Å². The Morgan fingerprint density at radius 2 is 2.00 bits per heavy atom. The number of amides is 1. The van der Waals surface area contributed by atoms with Crippen LogP contribution in [-0.2, 0) is 11.3 Å². The first kappa shape index (κ1) is 15.0. The Labute approximate surface area is 113 Å². The second-order valence-electron chi connectivity index (χ2n) is 5.15. The fourth-order valence-corrected chi connectivity index (χ4v) is 1.38. The molecule has 0 saturated carbocycles. The highest BCUT2D eigenvalue weighted by Crippen LogP contribution is 2.06. The quantitative estimate of drug-likeness (QED) is 0.379.